The molecule has 19 heavy (non-hydrogen) atoms. The average Bonchev–Trinajstić information content (AvgIpc) is 2.85. The van der Waals surface area contributed by atoms with Gasteiger partial charge in [0.2, 0.25) is 0 Å². The molecule has 3 nitrogen and oxygen atoms in total. The van der Waals surface area contributed by atoms with Crippen molar-refractivity contribution in [3.8, 4) is 6.07 Å². The van der Waals surface area contributed by atoms with Crippen LogP contribution in [0.25, 0.3) is 0 Å². The van der Waals surface area contributed by atoms with Crippen molar-refractivity contribution in [2.45, 2.75) is 69.9 Å². The maximum absolute atomic E-state index is 11.3. The summed E-state index contributed by atoms with van der Waals surface area (Å²) >= 11 is 0. The molecule has 4 atom stereocenters. The molecule has 0 spiro atoms. The standard InChI is InChI=1S/C16H26N2O/c1-13-4-2-6-15(10-13,12-17)16(19)7-9-18-8-3-5-14(18)11-16/h13-14,19H,2-11H2,1H3. The van der Waals surface area contributed by atoms with Gasteiger partial charge in [-0.25, -0.2) is 0 Å². The largest absolute Gasteiger partial charge is 0.388 e. The van der Waals surface area contributed by atoms with E-state index >= 15 is 0 Å². The zero-order chi connectivity index (χ0) is 13.5. The van der Waals surface area contributed by atoms with Gasteiger partial charge in [-0.05, 0) is 51.0 Å². The van der Waals surface area contributed by atoms with Crippen LogP contribution < -0.4 is 0 Å². The number of piperidine rings is 1. The second-order valence-electron chi connectivity index (χ2n) is 7.21. The lowest BCUT2D eigenvalue weighted by Crippen LogP contribution is -2.57. The van der Waals surface area contributed by atoms with Gasteiger partial charge in [0.05, 0.1) is 17.1 Å². The fourth-order valence-electron chi connectivity index (χ4n) is 4.86. The van der Waals surface area contributed by atoms with E-state index in [4.69, 9.17) is 0 Å². The molecule has 0 radical (unpaired) electrons. The van der Waals surface area contributed by atoms with Crippen molar-refractivity contribution in [2.24, 2.45) is 11.3 Å². The smallest absolute Gasteiger partial charge is 0.0863 e. The van der Waals surface area contributed by atoms with Gasteiger partial charge >= 0.3 is 0 Å². The summed E-state index contributed by atoms with van der Waals surface area (Å²) in [6.07, 6.45) is 8.21. The quantitative estimate of drug-likeness (QED) is 0.790. The monoisotopic (exact) mass is 262 g/mol. The molecule has 3 rings (SSSR count). The first-order chi connectivity index (χ1) is 9.09. The van der Waals surface area contributed by atoms with E-state index in [2.05, 4.69) is 17.9 Å². The van der Waals surface area contributed by atoms with Crippen LogP contribution in [-0.2, 0) is 0 Å². The first-order valence-corrected chi connectivity index (χ1v) is 7.96. The van der Waals surface area contributed by atoms with Gasteiger partial charge in [-0.3, -0.25) is 0 Å². The zero-order valence-electron chi connectivity index (χ0n) is 12.1. The Bertz CT molecular complexity index is 391. The molecule has 106 valence electrons. The Morgan fingerprint density at radius 1 is 1.16 bits per heavy atom. The average molecular weight is 262 g/mol. The van der Waals surface area contributed by atoms with Gasteiger partial charge in [0.25, 0.3) is 0 Å². The number of fused-ring (bicyclic) bond motifs is 1. The zero-order valence-corrected chi connectivity index (χ0v) is 12.1. The van der Waals surface area contributed by atoms with Crippen LogP contribution in [0.15, 0.2) is 0 Å². The van der Waals surface area contributed by atoms with Crippen LogP contribution >= 0.6 is 0 Å². The molecule has 1 N–H and O–H groups in total. The van der Waals surface area contributed by atoms with E-state index in [-0.39, 0.29) is 0 Å². The Kier molecular flexibility index (Phi) is 3.35. The SMILES string of the molecule is CC1CCCC(C#N)(C2(O)CCN3CCCC3C2)C1. The molecule has 2 aliphatic heterocycles. The van der Waals surface area contributed by atoms with Crippen LogP contribution in [0, 0.1) is 22.7 Å². The molecular weight excluding hydrogens is 236 g/mol. The lowest BCUT2D eigenvalue weighted by Gasteiger charge is -2.51. The summed E-state index contributed by atoms with van der Waals surface area (Å²) in [5.41, 5.74) is -1.21. The van der Waals surface area contributed by atoms with E-state index in [1.54, 1.807) is 0 Å². The minimum atomic E-state index is -0.734. The van der Waals surface area contributed by atoms with Crippen LogP contribution in [0.1, 0.15) is 58.3 Å². The lowest BCUT2D eigenvalue weighted by atomic mass is 9.58. The number of hydrogen-bond acceptors (Lipinski definition) is 3. The number of nitrogens with zero attached hydrogens (tertiary/aromatic N) is 2. The third kappa shape index (κ3) is 2.10. The van der Waals surface area contributed by atoms with E-state index in [9.17, 15) is 10.4 Å². The summed E-state index contributed by atoms with van der Waals surface area (Å²) in [6, 6.07) is 3.10. The first kappa shape index (κ1) is 13.4. The predicted molar refractivity (Wildman–Crippen MR) is 74.5 cm³/mol. The van der Waals surface area contributed by atoms with Crippen LogP contribution in [-0.4, -0.2) is 34.7 Å². The van der Waals surface area contributed by atoms with Crippen molar-refractivity contribution in [3.05, 3.63) is 0 Å². The Labute approximate surface area is 116 Å². The number of rotatable bonds is 1. The van der Waals surface area contributed by atoms with Crippen molar-refractivity contribution in [1.82, 2.24) is 4.90 Å². The molecule has 4 unspecified atom stereocenters. The molecule has 1 saturated carbocycles. The maximum atomic E-state index is 11.3. The first-order valence-electron chi connectivity index (χ1n) is 7.96. The second-order valence-corrected chi connectivity index (χ2v) is 7.21. The molecular formula is C16H26N2O. The van der Waals surface area contributed by atoms with E-state index in [1.807, 2.05) is 0 Å². The lowest BCUT2D eigenvalue weighted by molar-refractivity contribution is -0.125. The second kappa shape index (κ2) is 4.75. The fraction of sp³-hybridized carbons (Fsp3) is 0.938. The summed E-state index contributed by atoms with van der Waals surface area (Å²) in [4.78, 5) is 2.52. The van der Waals surface area contributed by atoms with Crippen molar-refractivity contribution in [2.75, 3.05) is 13.1 Å². The molecule has 3 fully saturated rings. The number of nitriles is 1. The summed E-state index contributed by atoms with van der Waals surface area (Å²) in [5.74, 6) is 0.582. The van der Waals surface area contributed by atoms with Crippen molar-refractivity contribution in [1.29, 1.82) is 5.26 Å². The molecule has 0 bridgehead atoms. The highest BCUT2D eigenvalue weighted by atomic mass is 16.3. The summed E-state index contributed by atoms with van der Waals surface area (Å²) in [5, 5.41) is 21.1. The van der Waals surface area contributed by atoms with E-state index in [0.717, 1.165) is 38.6 Å². The highest BCUT2D eigenvalue weighted by Gasteiger charge is 2.55. The van der Waals surface area contributed by atoms with E-state index in [0.29, 0.717) is 12.0 Å². The molecule has 3 heteroatoms. The van der Waals surface area contributed by atoms with Crippen LogP contribution in [0.4, 0.5) is 0 Å². The van der Waals surface area contributed by atoms with Gasteiger partial charge in [0, 0.05) is 12.6 Å². The molecule has 2 saturated heterocycles. The number of hydrogen-bond donors (Lipinski definition) is 1. The maximum Gasteiger partial charge on any atom is 0.0863 e. The van der Waals surface area contributed by atoms with Crippen molar-refractivity contribution < 1.29 is 5.11 Å². The Balaban J connectivity index is 1.84. The van der Waals surface area contributed by atoms with E-state index in [1.165, 1.54) is 25.8 Å². The summed E-state index contributed by atoms with van der Waals surface area (Å²) < 4.78 is 0. The predicted octanol–water partition coefficient (Wildman–Crippen LogP) is 2.70. The fourth-order valence-corrected chi connectivity index (χ4v) is 4.86. The van der Waals surface area contributed by atoms with Gasteiger partial charge < -0.3 is 10.0 Å². The third-order valence-corrected chi connectivity index (χ3v) is 5.99. The van der Waals surface area contributed by atoms with Gasteiger partial charge in [-0.1, -0.05) is 19.8 Å². The van der Waals surface area contributed by atoms with Crippen LogP contribution in [0.3, 0.4) is 0 Å². The molecule has 1 aliphatic carbocycles. The molecule has 0 aromatic heterocycles. The third-order valence-electron chi connectivity index (χ3n) is 5.99. The minimum absolute atomic E-state index is 0.473. The minimum Gasteiger partial charge on any atom is -0.388 e. The molecule has 0 aromatic carbocycles. The van der Waals surface area contributed by atoms with Gasteiger partial charge in [0.1, 0.15) is 0 Å². The normalized spacial score (nSPS) is 47.6. The topological polar surface area (TPSA) is 47.3 Å². The Morgan fingerprint density at radius 3 is 2.74 bits per heavy atom. The molecule has 2 heterocycles. The van der Waals surface area contributed by atoms with Crippen LogP contribution in [0.5, 0.6) is 0 Å². The summed E-state index contributed by atoms with van der Waals surface area (Å²) in [6.45, 7) is 4.41. The van der Waals surface area contributed by atoms with Gasteiger partial charge in [-0.15, -0.1) is 0 Å². The van der Waals surface area contributed by atoms with Crippen molar-refractivity contribution in [3.63, 3.8) is 0 Å². The Hall–Kier alpha value is -0.590. The van der Waals surface area contributed by atoms with Crippen molar-refractivity contribution >= 4 is 0 Å². The Morgan fingerprint density at radius 2 is 2.00 bits per heavy atom. The van der Waals surface area contributed by atoms with Gasteiger partial charge in [-0.2, -0.15) is 5.26 Å². The number of aliphatic hydroxyl groups is 1. The highest BCUT2D eigenvalue weighted by Crippen LogP contribution is 2.52. The molecule has 3 aliphatic rings. The molecule has 0 amide bonds. The molecule has 0 aromatic rings. The van der Waals surface area contributed by atoms with E-state index < -0.39 is 11.0 Å². The highest BCUT2D eigenvalue weighted by molar-refractivity contribution is 5.16. The summed E-state index contributed by atoms with van der Waals surface area (Å²) in [7, 11) is 0. The van der Waals surface area contributed by atoms with Gasteiger partial charge in [0.15, 0.2) is 0 Å². The van der Waals surface area contributed by atoms with Crippen LogP contribution in [0.2, 0.25) is 0 Å².